The first-order valence-corrected chi connectivity index (χ1v) is 13.8. The number of thiophene rings is 1. The Kier molecular flexibility index (Phi) is 6.35. The fourth-order valence-electron chi connectivity index (χ4n) is 5.53. The van der Waals surface area contributed by atoms with Gasteiger partial charge < -0.3 is 15.4 Å². The minimum atomic E-state index is -0.406. The summed E-state index contributed by atoms with van der Waals surface area (Å²) in [5.41, 5.74) is 11.2. The van der Waals surface area contributed by atoms with Crippen LogP contribution in [0.3, 0.4) is 0 Å². The number of nitrogens with two attached hydrogens (primary N) is 1. The molecule has 10 heteroatoms. The average Bonchev–Trinajstić information content (AvgIpc) is 3.66. The van der Waals surface area contributed by atoms with Crippen LogP contribution < -0.4 is 15.9 Å². The van der Waals surface area contributed by atoms with Crippen molar-refractivity contribution in [1.82, 2.24) is 9.97 Å². The Morgan fingerprint density at radius 1 is 1.34 bits per heavy atom. The normalized spacial score (nSPS) is 17.7. The maximum absolute atomic E-state index is 15.7. The van der Waals surface area contributed by atoms with Crippen LogP contribution in [0.4, 0.5) is 15.3 Å². The molecule has 6 rings (SSSR count). The highest BCUT2D eigenvalue weighted by Gasteiger charge is 2.30. The fraction of sp³-hybridized carbons (Fsp3) is 0.286. The summed E-state index contributed by atoms with van der Waals surface area (Å²) in [6.07, 6.45) is 6.59. The van der Waals surface area contributed by atoms with Gasteiger partial charge in [0.05, 0.1) is 24.3 Å². The lowest BCUT2D eigenvalue weighted by atomic mass is 9.91. The largest absolute Gasteiger partial charge is 0.389 e. The Balaban J connectivity index is 1.53. The lowest BCUT2D eigenvalue weighted by Crippen LogP contribution is -2.24. The number of allylic oxidation sites excluding steroid dienone is 1. The van der Waals surface area contributed by atoms with E-state index in [4.69, 9.17) is 20.4 Å². The number of aromatic nitrogens is 2. The van der Waals surface area contributed by atoms with Crippen molar-refractivity contribution in [2.45, 2.75) is 33.5 Å². The number of rotatable bonds is 4. The van der Waals surface area contributed by atoms with Crippen molar-refractivity contribution < 1.29 is 9.13 Å². The summed E-state index contributed by atoms with van der Waals surface area (Å²) in [5.74, 6) is 0.574. The topological polar surface area (TPSA) is 100 Å². The van der Waals surface area contributed by atoms with E-state index in [9.17, 15) is 5.26 Å². The monoisotopic (exact) mass is 544 g/mol. The van der Waals surface area contributed by atoms with Gasteiger partial charge in [-0.3, -0.25) is 4.99 Å². The number of aliphatic imine (C=N–C) groups is 1. The SMILES string of the molecule is C/C=C\N=C(C)C1CCN(c2ncc3c4c(c(-c5c(F)ccc6sc(N)c(C#N)c56)c(P)c3n2)COC4)C1. The summed E-state index contributed by atoms with van der Waals surface area (Å²) < 4.78 is 22.3. The van der Waals surface area contributed by atoms with Gasteiger partial charge in [-0.2, -0.15) is 5.26 Å². The van der Waals surface area contributed by atoms with E-state index in [1.807, 2.05) is 25.4 Å². The number of benzene rings is 2. The highest BCUT2D eigenvalue weighted by atomic mass is 32.1. The van der Waals surface area contributed by atoms with Gasteiger partial charge in [-0.15, -0.1) is 20.6 Å². The third-order valence-electron chi connectivity index (χ3n) is 7.47. The molecule has 0 saturated carbocycles. The molecule has 0 amide bonds. The highest BCUT2D eigenvalue weighted by molar-refractivity contribution is 7.29. The lowest BCUT2D eigenvalue weighted by Gasteiger charge is -2.20. The maximum atomic E-state index is 15.7. The summed E-state index contributed by atoms with van der Waals surface area (Å²) in [7, 11) is 2.77. The molecule has 1 fully saturated rings. The third kappa shape index (κ3) is 3.87. The number of hydrogen-bond donors (Lipinski definition) is 1. The van der Waals surface area contributed by atoms with Gasteiger partial charge in [-0.25, -0.2) is 14.4 Å². The second-order valence-electron chi connectivity index (χ2n) is 9.60. The van der Waals surface area contributed by atoms with Gasteiger partial charge in [0.25, 0.3) is 0 Å². The van der Waals surface area contributed by atoms with E-state index < -0.39 is 5.82 Å². The summed E-state index contributed by atoms with van der Waals surface area (Å²) in [4.78, 5) is 16.5. The predicted molar refractivity (Wildman–Crippen MR) is 156 cm³/mol. The van der Waals surface area contributed by atoms with Crippen LogP contribution in [-0.2, 0) is 18.0 Å². The second-order valence-corrected chi connectivity index (χ2v) is 11.3. The minimum absolute atomic E-state index is 0.304. The number of ether oxygens (including phenoxy) is 1. The standard InChI is InChI=1S/C28H26FN6OPS/c1-3-7-32-14(2)15-6-8-35(11-15)28-33-10-17-18-12-36-13-19(18)23(26(37)25(17)34-28)24-20(29)4-5-21-22(24)16(9-30)27(31)38-21/h3-5,7,10,15H,6,8,11-13,31,37H2,1-2H3/b7-3-,32-14?. The van der Waals surface area contributed by atoms with Crippen LogP contribution in [-0.4, -0.2) is 28.8 Å². The van der Waals surface area contributed by atoms with Crippen LogP contribution in [0, 0.1) is 23.1 Å². The Bertz CT molecular complexity index is 1720. The maximum Gasteiger partial charge on any atom is 0.225 e. The Hall–Kier alpha value is -3.44. The van der Waals surface area contributed by atoms with E-state index in [-0.39, 0.29) is 0 Å². The second kappa shape index (κ2) is 9.70. The molecule has 2 aliphatic heterocycles. The van der Waals surface area contributed by atoms with Gasteiger partial charge in [0.1, 0.15) is 16.9 Å². The molecule has 0 radical (unpaired) electrons. The molecule has 0 bridgehead atoms. The molecule has 0 spiro atoms. The molecule has 2 unspecified atom stereocenters. The van der Waals surface area contributed by atoms with Crippen LogP contribution in [0.25, 0.3) is 32.1 Å². The van der Waals surface area contributed by atoms with Gasteiger partial charge in [0, 0.05) is 69.0 Å². The van der Waals surface area contributed by atoms with Gasteiger partial charge in [-0.1, -0.05) is 6.08 Å². The molecular weight excluding hydrogens is 518 g/mol. The van der Waals surface area contributed by atoms with Crippen molar-refractivity contribution in [3.8, 4) is 17.2 Å². The van der Waals surface area contributed by atoms with Crippen molar-refractivity contribution in [2.75, 3.05) is 23.7 Å². The van der Waals surface area contributed by atoms with E-state index in [0.29, 0.717) is 52.2 Å². The van der Waals surface area contributed by atoms with Gasteiger partial charge in [-0.05, 0) is 43.5 Å². The number of hydrogen-bond acceptors (Lipinski definition) is 8. The van der Waals surface area contributed by atoms with Crippen molar-refractivity contribution in [3.63, 3.8) is 0 Å². The molecule has 4 heterocycles. The van der Waals surface area contributed by atoms with Crippen molar-refractivity contribution in [2.24, 2.45) is 10.9 Å². The van der Waals surface area contributed by atoms with Crippen molar-refractivity contribution >= 4 is 63.5 Å². The number of nitrogen functional groups attached to an aromatic ring is 1. The molecule has 0 aliphatic carbocycles. The molecular formula is C28H26FN6OPS. The summed E-state index contributed by atoms with van der Waals surface area (Å²) in [5, 5.41) is 12.4. The van der Waals surface area contributed by atoms with Gasteiger partial charge in [0.15, 0.2) is 0 Å². The quantitative estimate of drug-likeness (QED) is 0.271. The lowest BCUT2D eigenvalue weighted by molar-refractivity contribution is 0.135. The first-order chi connectivity index (χ1) is 18.4. The molecule has 192 valence electrons. The zero-order valence-corrected chi connectivity index (χ0v) is 23.1. The molecule has 2 N–H and O–H groups in total. The molecule has 38 heavy (non-hydrogen) atoms. The van der Waals surface area contributed by atoms with E-state index in [0.717, 1.165) is 57.3 Å². The summed E-state index contributed by atoms with van der Waals surface area (Å²) >= 11 is 1.29. The number of anilines is 2. The number of nitrogens with zero attached hydrogens (tertiary/aromatic N) is 5. The number of halogens is 1. The van der Waals surface area contributed by atoms with Crippen molar-refractivity contribution in [3.05, 3.63) is 53.1 Å². The smallest absolute Gasteiger partial charge is 0.225 e. The van der Waals surface area contributed by atoms with Crippen LogP contribution >= 0.6 is 20.6 Å². The minimum Gasteiger partial charge on any atom is -0.389 e. The first-order valence-electron chi connectivity index (χ1n) is 12.4. The van der Waals surface area contributed by atoms with Crippen LogP contribution in [0.15, 0.2) is 35.6 Å². The van der Waals surface area contributed by atoms with Crippen molar-refractivity contribution in [1.29, 1.82) is 5.26 Å². The number of fused-ring (bicyclic) bond motifs is 4. The van der Waals surface area contributed by atoms with Gasteiger partial charge >= 0.3 is 0 Å². The molecule has 2 aliphatic rings. The molecule has 4 aromatic rings. The zero-order valence-electron chi connectivity index (χ0n) is 21.1. The van der Waals surface area contributed by atoms with Gasteiger partial charge in [0.2, 0.25) is 5.95 Å². The van der Waals surface area contributed by atoms with E-state index in [1.165, 1.54) is 17.4 Å². The zero-order chi connectivity index (χ0) is 26.6. The molecule has 2 aromatic heterocycles. The van der Waals surface area contributed by atoms with Crippen LogP contribution in [0.2, 0.25) is 0 Å². The predicted octanol–water partition coefficient (Wildman–Crippen LogP) is 5.46. The first kappa shape index (κ1) is 24.9. The van der Waals surface area contributed by atoms with E-state index >= 15 is 4.39 Å². The Labute approximate surface area is 226 Å². The van der Waals surface area contributed by atoms with Crippen LogP contribution in [0.1, 0.15) is 37.0 Å². The van der Waals surface area contributed by atoms with E-state index in [1.54, 1.807) is 6.07 Å². The molecule has 2 atom stereocenters. The average molecular weight is 545 g/mol. The Morgan fingerprint density at radius 3 is 2.95 bits per heavy atom. The molecule has 7 nitrogen and oxygen atoms in total. The Morgan fingerprint density at radius 2 is 2.16 bits per heavy atom. The highest BCUT2D eigenvalue weighted by Crippen LogP contribution is 2.44. The summed E-state index contributed by atoms with van der Waals surface area (Å²) in [6.45, 7) is 6.39. The molecule has 2 aromatic carbocycles. The number of nitriles is 1. The van der Waals surface area contributed by atoms with E-state index in [2.05, 4.69) is 32.1 Å². The van der Waals surface area contributed by atoms with Crippen LogP contribution in [0.5, 0.6) is 0 Å². The fourth-order valence-corrected chi connectivity index (χ4v) is 7.00. The molecule has 1 saturated heterocycles. The summed E-state index contributed by atoms with van der Waals surface area (Å²) in [6, 6.07) is 5.31. The third-order valence-corrected chi connectivity index (χ3v) is 9.01.